The van der Waals surface area contributed by atoms with Crippen molar-refractivity contribution < 1.29 is 14.7 Å². The van der Waals surface area contributed by atoms with Gasteiger partial charge in [-0.05, 0) is 23.8 Å². The highest BCUT2D eigenvalue weighted by Gasteiger charge is 2.21. The minimum atomic E-state index is -1.01. The Kier molecular flexibility index (Phi) is 3.96. The van der Waals surface area contributed by atoms with Gasteiger partial charge in [0.2, 0.25) is 0 Å². The Balaban J connectivity index is 1.89. The molecule has 116 valence electrons. The number of H-pyrrole nitrogens is 1. The second kappa shape index (κ2) is 6.22. The van der Waals surface area contributed by atoms with Crippen LogP contribution < -0.4 is 5.32 Å². The first-order chi connectivity index (χ1) is 11.1. The molecule has 3 N–H and O–H groups in total. The number of aromatic nitrogens is 4. The molecule has 23 heavy (non-hydrogen) atoms. The van der Waals surface area contributed by atoms with Crippen molar-refractivity contribution in [2.24, 2.45) is 0 Å². The van der Waals surface area contributed by atoms with Gasteiger partial charge in [-0.3, -0.25) is 14.6 Å². The van der Waals surface area contributed by atoms with E-state index < -0.39 is 17.9 Å². The summed E-state index contributed by atoms with van der Waals surface area (Å²) in [4.78, 5) is 38.4. The molecule has 0 aliphatic heterocycles. The van der Waals surface area contributed by atoms with Crippen LogP contribution >= 0.6 is 0 Å². The van der Waals surface area contributed by atoms with Crippen LogP contribution in [0, 0.1) is 0 Å². The van der Waals surface area contributed by atoms with Crippen LogP contribution in [-0.2, 0) is 4.79 Å². The van der Waals surface area contributed by atoms with Gasteiger partial charge in [0.05, 0.1) is 17.8 Å². The highest BCUT2D eigenvalue weighted by atomic mass is 16.4. The number of carbonyl (C=O) groups is 2. The second-order valence-electron chi connectivity index (χ2n) is 4.87. The van der Waals surface area contributed by atoms with Crippen LogP contribution in [0.4, 0.5) is 0 Å². The second-order valence-corrected chi connectivity index (χ2v) is 4.87. The summed E-state index contributed by atoms with van der Waals surface area (Å²) in [5, 5.41) is 12.4. The Labute approximate surface area is 130 Å². The van der Waals surface area contributed by atoms with E-state index in [4.69, 9.17) is 5.11 Å². The van der Waals surface area contributed by atoms with Gasteiger partial charge in [0, 0.05) is 18.6 Å². The molecule has 3 aromatic rings. The molecule has 0 unspecified atom stereocenters. The minimum absolute atomic E-state index is 0.195. The number of carboxylic acid groups (broad SMARTS) is 1. The molecule has 0 aliphatic rings. The molecule has 3 rings (SSSR count). The number of aromatic amines is 1. The van der Waals surface area contributed by atoms with E-state index in [2.05, 4.69) is 25.3 Å². The number of nitrogens with zero attached hydrogens (tertiary/aromatic N) is 3. The summed E-state index contributed by atoms with van der Waals surface area (Å²) in [6, 6.07) is 4.36. The van der Waals surface area contributed by atoms with E-state index in [0.717, 1.165) is 0 Å². The molecule has 8 nitrogen and oxygen atoms in total. The van der Waals surface area contributed by atoms with Crippen LogP contribution in [0.3, 0.4) is 0 Å². The smallest absolute Gasteiger partial charge is 0.305 e. The van der Waals surface area contributed by atoms with Gasteiger partial charge in [0.25, 0.3) is 5.91 Å². The third kappa shape index (κ3) is 3.15. The van der Waals surface area contributed by atoms with Crippen molar-refractivity contribution in [3.8, 4) is 0 Å². The molecule has 0 fully saturated rings. The number of fused-ring (bicyclic) bond motifs is 1. The van der Waals surface area contributed by atoms with Crippen LogP contribution in [0.2, 0.25) is 0 Å². The van der Waals surface area contributed by atoms with Gasteiger partial charge in [-0.2, -0.15) is 0 Å². The number of carboxylic acids is 1. The SMILES string of the molecule is O=C(O)C[C@H](NC(=O)c1ncnc2[nH]ccc12)c1ccncc1. The van der Waals surface area contributed by atoms with Gasteiger partial charge in [-0.1, -0.05) is 0 Å². The molecule has 8 heteroatoms. The zero-order chi connectivity index (χ0) is 16.2. The zero-order valence-electron chi connectivity index (χ0n) is 11.9. The Morgan fingerprint density at radius 2 is 2.00 bits per heavy atom. The molecule has 0 aromatic carbocycles. The van der Waals surface area contributed by atoms with Crippen LogP contribution in [0.1, 0.15) is 28.5 Å². The van der Waals surface area contributed by atoms with Gasteiger partial charge in [0.1, 0.15) is 17.7 Å². The van der Waals surface area contributed by atoms with Crippen molar-refractivity contribution in [3.05, 3.63) is 54.4 Å². The summed E-state index contributed by atoms with van der Waals surface area (Å²) in [6.07, 6.45) is 5.80. The van der Waals surface area contributed by atoms with Crippen molar-refractivity contribution in [2.75, 3.05) is 0 Å². The number of carbonyl (C=O) groups excluding carboxylic acids is 1. The molecule has 0 saturated carbocycles. The summed E-state index contributed by atoms with van der Waals surface area (Å²) in [6.45, 7) is 0. The third-order valence-electron chi connectivity index (χ3n) is 3.36. The molecule has 3 aromatic heterocycles. The number of rotatable bonds is 5. The summed E-state index contributed by atoms with van der Waals surface area (Å²) in [7, 11) is 0. The van der Waals surface area contributed by atoms with Crippen LogP contribution in [0.5, 0.6) is 0 Å². The van der Waals surface area contributed by atoms with E-state index in [1.807, 2.05) is 0 Å². The third-order valence-corrected chi connectivity index (χ3v) is 3.36. The fourth-order valence-electron chi connectivity index (χ4n) is 2.30. The molecule has 1 amide bonds. The van der Waals surface area contributed by atoms with Crippen LogP contribution in [0.25, 0.3) is 11.0 Å². The van der Waals surface area contributed by atoms with Crippen molar-refractivity contribution >= 4 is 22.9 Å². The highest BCUT2D eigenvalue weighted by Crippen LogP contribution is 2.18. The highest BCUT2D eigenvalue weighted by molar-refractivity contribution is 6.03. The summed E-state index contributed by atoms with van der Waals surface area (Å²) in [5.74, 6) is -1.47. The number of amides is 1. The largest absolute Gasteiger partial charge is 0.481 e. The number of hydrogen-bond donors (Lipinski definition) is 3. The van der Waals surface area contributed by atoms with Crippen molar-refractivity contribution in [2.45, 2.75) is 12.5 Å². The van der Waals surface area contributed by atoms with Crippen molar-refractivity contribution in [1.82, 2.24) is 25.3 Å². The first-order valence-electron chi connectivity index (χ1n) is 6.86. The van der Waals surface area contributed by atoms with E-state index in [0.29, 0.717) is 16.6 Å². The Morgan fingerprint density at radius 1 is 1.22 bits per heavy atom. The maximum absolute atomic E-state index is 12.5. The summed E-state index contributed by atoms with van der Waals surface area (Å²) in [5.41, 5.74) is 1.40. The predicted molar refractivity (Wildman–Crippen MR) is 80.6 cm³/mol. The standard InChI is InChI=1S/C15H13N5O3/c21-12(22)7-11(9-1-4-16-5-2-9)20-15(23)13-10-3-6-17-14(10)19-8-18-13/h1-6,8,11H,7H2,(H,20,23)(H,21,22)(H,17,18,19)/t11-/m0/s1. The van der Waals surface area contributed by atoms with Gasteiger partial charge in [0.15, 0.2) is 0 Å². The van der Waals surface area contributed by atoms with E-state index in [1.54, 1.807) is 36.8 Å². The molecular formula is C15H13N5O3. The van der Waals surface area contributed by atoms with Crippen molar-refractivity contribution in [3.63, 3.8) is 0 Å². The lowest BCUT2D eigenvalue weighted by atomic mass is 10.0. The maximum Gasteiger partial charge on any atom is 0.305 e. The first-order valence-corrected chi connectivity index (χ1v) is 6.86. The average molecular weight is 311 g/mol. The summed E-state index contributed by atoms with van der Waals surface area (Å²) < 4.78 is 0. The first kappa shape index (κ1) is 14.6. The molecular weight excluding hydrogens is 298 g/mol. The quantitative estimate of drug-likeness (QED) is 0.653. The fraction of sp³-hybridized carbons (Fsp3) is 0.133. The Hall–Kier alpha value is -3.29. The van der Waals surface area contributed by atoms with Crippen molar-refractivity contribution in [1.29, 1.82) is 0 Å². The molecule has 0 bridgehead atoms. The number of pyridine rings is 1. The molecule has 0 radical (unpaired) electrons. The lowest BCUT2D eigenvalue weighted by Gasteiger charge is -2.17. The molecule has 0 spiro atoms. The van der Waals surface area contributed by atoms with Gasteiger partial charge in [-0.15, -0.1) is 0 Å². The summed E-state index contributed by atoms with van der Waals surface area (Å²) >= 11 is 0. The predicted octanol–water partition coefficient (Wildman–Crippen LogP) is 1.30. The topological polar surface area (TPSA) is 121 Å². The molecule has 0 saturated heterocycles. The molecule has 0 aliphatic carbocycles. The zero-order valence-corrected chi connectivity index (χ0v) is 11.9. The van der Waals surface area contributed by atoms with E-state index in [1.165, 1.54) is 6.33 Å². The lowest BCUT2D eigenvalue weighted by Crippen LogP contribution is -2.31. The maximum atomic E-state index is 12.5. The molecule has 3 heterocycles. The number of hydrogen-bond acceptors (Lipinski definition) is 5. The lowest BCUT2D eigenvalue weighted by molar-refractivity contribution is -0.137. The Morgan fingerprint density at radius 3 is 2.74 bits per heavy atom. The fourth-order valence-corrected chi connectivity index (χ4v) is 2.30. The monoisotopic (exact) mass is 311 g/mol. The van der Waals surface area contributed by atoms with E-state index in [-0.39, 0.29) is 12.1 Å². The average Bonchev–Trinajstić information content (AvgIpc) is 3.03. The minimum Gasteiger partial charge on any atom is -0.481 e. The van der Waals surface area contributed by atoms with Crippen LogP contribution in [0.15, 0.2) is 43.1 Å². The van der Waals surface area contributed by atoms with Gasteiger partial charge >= 0.3 is 5.97 Å². The van der Waals surface area contributed by atoms with Crippen LogP contribution in [-0.4, -0.2) is 36.9 Å². The Bertz CT molecular complexity index is 846. The number of nitrogens with one attached hydrogen (secondary N) is 2. The van der Waals surface area contributed by atoms with Gasteiger partial charge < -0.3 is 15.4 Å². The normalized spacial score (nSPS) is 12.0. The van der Waals surface area contributed by atoms with E-state index >= 15 is 0 Å². The van der Waals surface area contributed by atoms with E-state index in [9.17, 15) is 9.59 Å². The molecule has 1 atom stereocenters. The van der Waals surface area contributed by atoms with Gasteiger partial charge in [-0.25, -0.2) is 9.97 Å². The number of aliphatic carboxylic acids is 1.